The van der Waals surface area contributed by atoms with E-state index in [9.17, 15) is 18.8 Å². The molecule has 1 atom stereocenters. The fourth-order valence-electron chi connectivity index (χ4n) is 2.49. The molecule has 0 aromatic heterocycles. The quantitative estimate of drug-likeness (QED) is 0.665. The third-order valence-electron chi connectivity index (χ3n) is 4.16. The average molecular weight is 400 g/mol. The highest BCUT2D eigenvalue weighted by atomic mass is 19.1. The van der Waals surface area contributed by atoms with Gasteiger partial charge in [-0.15, -0.1) is 0 Å². The molecule has 1 fully saturated rings. The summed E-state index contributed by atoms with van der Waals surface area (Å²) in [6, 6.07) is 12.0. The molecule has 0 saturated heterocycles. The number of benzene rings is 2. The normalized spacial score (nSPS) is 13.9. The Morgan fingerprint density at radius 2 is 1.79 bits per heavy atom. The molecule has 29 heavy (non-hydrogen) atoms. The molecule has 2 N–H and O–H groups in total. The second-order valence-electron chi connectivity index (χ2n) is 6.66. The lowest BCUT2D eigenvalue weighted by molar-refractivity contribution is -0.153. The predicted octanol–water partition coefficient (Wildman–Crippen LogP) is 2.67. The molecule has 0 heterocycles. The molecule has 0 aliphatic heterocycles. The van der Waals surface area contributed by atoms with Crippen LogP contribution in [0.25, 0.3) is 0 Å². The number of rotatable bonds is 8. The minimum Gasteiger partial charge on any atom is -0.479 e. The summed E-state index contributed by atoms with van der Waals surface area (Å²) in [5, 5.41) is 5.44. The van der Waals surface area contributed by atoms with Crippen molar-refractivity contribution in [2.75, 3.05) is 11.9 Å². The van der Waals surface area contributed by atoms with E-state index in [2.05, 4.69) is 10.6 Å². The molecule has 0 spiro atoms. The number of amides is 2. The van der Waals surface area contributed by atoms with Crippen molar-refractivity contribution >= 4 is 23.5 Å². The van der Waals surface area contributed by atoms with Gasteiger partial charge in [-0.3, -0.25) is 9.59 Å². The lowest BCUT2D eigenvalue weighted by Gasteiger charge is -2.14. The number of anilines is 1. The fourth-order valence-corrected chi connectivity index (χ4v) is 2.49. The van der Waals surface area contributed by atoms with Crippen LogP contribution >= 0.6 is 0 Å². The van der Waals surface area contributed by atoms with Gasteiger partial charge in [-0.2, -0.15) is 0 Å². The van der Waals surface area contributed by atoms with Crippen molar-refractivity contribution < 1.29 is 28.2 Å². The zero-order valence-corrected chi connectivity index (χ0v) is 15.8. The molecule has 0 bridgehead atoms. The smallest absolute Gasteiger partial charge is 0.347 e. The van der Waals surface area contributed by atoms with Crippen molar-refractivity contribution in [3.05, 3.63) is 59.9 Å². The van der Waals surface area contributed by atoms with Crippen LogP contribution in [0.1, 0.15) is 30.1 Å². The molecule has 0 unspecified atom stereocenters. The number of carbonyl (C=O) groups is 3. The Balaban J connectivity index is 1.49. The Bertz CT molecular complexity index is 896. The third-order valence-corrected chi connectivity index (χ3v) is 4.16. The summed E-state index contributed by atoms with van der Waals surface area (Å²) in [6.45, 7) is 0.926. The summed E-state index contributed by atoms with van der Waals surface area (Å²) >= 11 is 0. The molecule has 1 aliphatic carbocycles. The lowest BCUT2D eigenvalue weighted by Crippen LogP contribution is -2.30. The van der Waals surface area contributed by atoms with Crippen LogP contribution in [-0.2, 0) is 14.3 Å². The van der Waals surface area contributed by atoms with Gasteiger partial charge >= 0.3 is 5.97 Å². The number of carbonyl (C=O) groups excluding carboxylic acids is 3. The van der Waals surface area contributed by atoms with E-state index < -0.39 is 30.4 Å². The molecular formula is C21H21FN2O5. The van der Waals surface area contributed by atoms with Crippen LogP contribution < -0.4 is 15.4 Å². The second kappa shape index (κ2) is 9.18. The number of para-hydroxylation sites is 1. The molecule has 3 rings (SSSR count). The van der Waals surface area contributed by atoms with Crippen LogP contribution in [0.15, 0.2) is 48.5 Å². The zero-order valence-electron chi connectivity index (χ0n) is 15.8. The first-order chi connectivity index (χ1) is 13.9. The van der Waals surface area contributed by atoms with E-state index in [4.69, 9.17) is 9.47 Å². The maximum Gasteiger partial charge on any atom is 0.347 e. The zero-order chi connectivity index (χ0) is 20.8. The summed E-state index contributed by atoms with van der Waals surface area (Å²) in [5.41, 5.74) is 0.675. The summed E-state index contributed by atoms with van der Waals surface area (Å²) in [5.74, 6) is -1.71. The van der Waals surface area contributed by atoms with Gasteiger partial charge in [0, 0.05) is 6.04 Å². The Morgan fingerprint density at radius 1 is 1.10 bits per heavy atom. The van der Waals surface area contributed by atoms with E-state index in [0.717, 1.165) is 12.8 Å². The van der Waals surface area contributed by atoms with Gasteiger partial charge in [0.15, 0.2) is 12.7 Å². The molecular weight excluding hydrogens is 379 g/mol. The molecule has 2 aromatic rings. The van der Waals surface area contributed by atoms with Crippen LogP contribution in [0, 0.1) is 5.82 Å². The molecule has 1 saturated carbocycles. The number of hydrogen-bond acceptors (Lipinski definition) is 5. The van der Waals surface area contributed by atoms with Crippen LogP contribution in [0.2, 0.25) is 0 Å². The monoisotopic (exact) mass is 400 g/mol. The van der Waals surface area contributed by atoms with Crippen LogP contribution in [0.5, 0.6) is 5.75 Å². The first kappa shape index (κ1) is 20.3. The van der Waals surface area contributed by atoms with Gasteiger partial charge < -0.3 is 20.1 Å². The molecule has 152 valence electrons. The summed E-state index contributed by atoms with van der Waals surface area (Å²) in [7, 11) is 0. The Hall–Kier alpha value is -3.42. The van der Waals surface area contributed by atoms with E-state index in [1.54, 1.807) is 24.3 Å². The van der Waals surface area contributed by atoms with E-state index in [-0.39, 0.29) is 11.9 Å². The summed E-state index contributed by atoms with van der Waals surface area (Å²) in [4.78, 5) is 36.4. The second-order valence-corrected chi connectivity index (χ2v) is 6.66. The van der Waals surface area contributed by atoms with Crippen molar-refractivity contribution in [1.82, 2.24) is 5.32 Å². The van der Waals surface area contributed by atoms with Crippen LogP contribution in [-0.4, -0.2) is 36.5 Å². The van der Waals surface area contributed by atoms with Gasteiger partial charge in [0.25, 0.3) is 11.8 Å². The van der Waals surface area contributed by atoms with Crippen molar-refractivity contribution in [2.24, 2.45) is 0 Å². The van der Waals surface area contributed by atoms with E-state index in [0.29, 0.717) is 17.0 Å². The SMILES string of the molecule is C[C@H](Oc1ccc(F)cc1)C(=O)OCC(=O)Nc1ccccc1C(=O)NC1CC1. The Morgan fingerprint density at radius 3 is 2.48 bits per heavy atom. The van der Waals surface area contributed by atoms with E-state index in [1.807, 2.05) is 0 Å². The van der Waals surface area contributed by atoms with Crippen molar-refractivity contribution in [3.63, 3.8) is 0 Å². The van der Waals surface area contributed by atoms with Crippen LogP contribution in [0.4, 0.5) is 10.1 Å². The number of ether oxygens (including phenoxy) is 2. The highest BCUT2D eigenvalue weighted by Gasteiger charge is 2.25. The highest BCUT2D eigenvalue weighted by molar-refractivity contribution is 6.04. The number of nitrogens with one attached hydrogen (secondary N) is 2. The molecule has 8 heteroatoms. The minimum absolute atomic E-state index is 0.190. The van der Waals surface area contributed by atoms with Gasteiger partial charge in [0.2, 0.25) is 0 Å². The molecule has 7 nitrogen and oxygen atoms in total. The highest BCUT2D eigenvalue weighted by Crippen LogP contribution is 2.21. The molecule has 2 aromatic carbocycles. The van der Waals surface area contributed by atoms with Gasteiger partial charge in [0.1, 0.15) is 11.6 Å². The first-order valence-corrected chi connectivity index (χ1v) is 9.21. The summed E-state index contributed by atoms with van der Waals surface area (Å²) in [6.07, 6.45) is 0.924. The number of esters is 1. The van der Waals surface area contributed by atoms with Crippen molar-refractivity contribution in [3.8, 4) is 5.75 Å². The molecule has 2 amide bonds. The average Bonchev–Trinajstić information content (AvgIpc) is 3.52. The summed E-state index contributed by atoms with van der Waals surface area (Å²) < 4.78 is 23.2. The Kier molecular flexibility index (Phi) is 6.43. The first-order valence-electron chi connectivity index (χ1n) is 9.21. The van der Waals surface area contributed by atoms with Gasteiger partial charge in [0.05, 0.1) is 11.3 Å². The fraction of sp³-hybridized carbons (Fsp3) is 0.286. The number of halogens is 1. The van der Waals surface area contributed by atoms with Gasteiger partial charge in [-0.25, -0.2) is 9.18 Å². The minimum atomic E-state index is -0.982. The molecule has 1 aliphatic rings. The maximum absolute atomic E-state index is 12.9. The van der Waals surface area contributed by atoms with Gasteiger partial charge in [-0.05, 0) is 56.2 Å². The molecule has 0 radical (unpaired) electrons. The predicted molar refractivity (Wildman–Crippen MR) is 103 cm³/mol. The van der Waals surface area contributed by atoms with Crippen molar-refractivity contribution in [2.45, 2.75) is 31.9 Å². The van der Waals surface area contributed by atoms with E-state index >= 15 is 0 Å². The van der Waals surface area contributed by atoms with Crippen LogP contribution in [0.3, 0.4) is 0 Å². The largest absolute Gasteiger partial charge is 0.479 e. The number of hydrogen-bond donors (Lipinski definition) is 2. The Labute approximate surface area is 167 Å². The van der Waals surface area contributed by atoms with Gasteiger partial charge in [-0.1, -0.05) is 12.1 Å². The lowest BCUT2D eigenvalue weighted by atomic mass is 10.1. The maximum atomic E-state index is 12.9. The standard InChI is InChI=1S/C21H21FN2O5/c1-13(29-16-10-6-14(22)7-11-16)21(27)28-12-19(25)24-18-5-3-2-4-17(18)20(26)23-15-8-9-15/h2-7,10-11,13,15H,8-9,12H2,1H3,(H,23,26)(H,24,25)/t13-/m0/s1. The third kappa shape index (κ3) is 6.03. The van der Waals surface area contributed by atoms with E-state index in [1.165, 1.54) is 31.2 Å². The van der Waals surface area contributed by atoms with Crippen molar-refractivity contribution in [1.29, 1.82) is 0 Å². The topological polar surface area (TPSA) is 93.7 Å².